The lowest BCUT2D eigenvalue weighted by atomic mass is 10.1. The Morgan fingerprint density at radius 2 is 1.94 bits per heavy atom. The molecule has 2 rings (SSSR count). The third-order valence-electron chi connectivity index (χ3n) is 2.34. The van der Waals surface area contributed by atoms with Crippen LogP contribution in [0, 0.1) is 19.7 Å². The van der Waals surface area contributed by atoms with Gasteiger partial charge in [-0.25, -0.2) is 14.4 Å². The monoisotopic (exact) mass is 314 g/mol. The van der Waals surface area contributed by atoms with Crippen LogP contribution in [-0.2, 0) is 0 Å². The van der Waals surface area contributed by atoms with Gasteiger partial charge >= 0.3 is 0 Å². The molecule has 0 bridgehead atoms. The van der Waals surface area contributed by atoms with Gasteiger partial charge in [0.1, 0.15) is 0 Å². The molecule has 0 radical (unpaired) electrons. The van der Waals surface area contributed by atoms with E-state index in [2.05, 4.69) is 25.9 Å². The van der Waals surface area contributed by atoms with Gasteiger partial charge in [-0.1, -0.05) is 33.6 Å². The van der Waals surface area contributed by atoms with E-state index in [4.69, 9.17) is 11.6 Å². The number of benzene rings is 1. The molecule has 0 aliphatic rings. The van der Waals surface area contributed by atoms with E-state index in [1.165, 1.54) is 0 Å². The molecule has 0 aliphatic heterocycles. The van der Waals surface area contributed by atoms with E-state index in [1.54, 1.807) is 6.92 Å². The largest absolute Gasteiger partial charge is 0.230 e. The summed E-state index contributed by atoms with van der Waals surface area (Å²) < 4.78 is 14.2. The number of aromatic nitrogens is 2. The SMILES string of the molecule is Cc1ccc(-c2nc(C)c(F)c(Cl)n2)c(Br)c1. The summed E-state index contributed by atoms with van der Waals surface area (Å²) in [6, 6.07) is 5.77. The van der Waals surface area contributed by atoms with Crippen molar-refractivity contribution in [2.75, 3.05) is 0 Å². The maximum Gasteiger partial charge on any atom is 0.181 e. The van der Waals surface area contributed by atoms with Gasteiger partial charge < -0.3 is 0 Å². The van der Waals surface area contributed by atoms with E-state index in [0.29, 0.717) is 5.82 Å². The zero-order valence-corrected chi connectivity index (χ0v) is 11.6. The first-order valence-electron chi connectivity index (χ1n) is 4.95. The minimum Gasteiger partial charge on any atom is -0.230 e. The zero-order valence-electron chi connectivity index (χ0n) is 9.26. The predicted molar refractivity (Wildman–Crippen MR) is 69.6 cm³/mol. The minimum absolute atomic E-state index is 0.153. The van der Waals surface area contributed by atoms with E-state index in [-0.39, 0.29) is 10.8 Å². The first-order chi connectivity index (χ1) is 7.99. The van der Waals surface area contributed by atoms with E-state index >= 15 is 0 Å². The van der Waals surface area contributed by atoms with E-state index in [1.807, 2.05) is 25.1 Å². The molecular weight excluding hydrogens is 307 g/mol. The number of rotatable bonds is 1. The fourth-order valence-electron chi connectivity index (χ4n) is 1.45. The average Bonchev–Trinajstić information content (AvgIpc) is 2.25. The molecule has 0 fully saturated rings. The smallest absolute Gasteiger partial charge is 0.181 e. The fraction of sp³-hybridized carbons (Fsp3) is 0.167. The molecule has 0 saturated heterocycles. The number of hydrogen-bond acceptors (Lipinski definition) is 2. The van der Waals surface area contributed by atoms with Crippen molar-refractivity contribution in [2.45, 2.75) is 13.8 Å². The molecule has 1 aromatic heterocycles. The van der Waals surface area contributed by atoms with Crippen molar-refractivity contribution in [3.8, 4) is 11.4 Å². The van der Waals surface area contributed by atoms with Gasteiger partial charge in [0.25, 0.3) is 0 Å². The summed E-state index contributed by atoms with van der Waals surface area (Å²) in [6.45, 7) is 3.55. The average molecular weight is 316 g/mol. The van der Waals surface area contributed by atoms with E-state index in [0.717, 1.165) is 15.6 Å². The van der Waals surface area contributed by atoms with Crippen LogP contribution < -0.4 is 0 Å². The lowest BCUT2D eigenvalue weighted by Gasteiger charge is -2.06. The summed E-state index contributed by atoms with van der Waals surface area (Å²) in [5.41, 5.74) is 2.15. The van der Waals surface area contributed by atoms with Crippen molar-refractivity contribution in [1.82, 2.24) is 9.97 Å². The Labute approximate surface area is 112 Å². The molecule has 0 aliphatic carbocycles. The second-order valence-corrected chi connectivity index (χ2v) is 4.93. The van der Waals surface area contributed by atoms with Crippen LogP contribution in [0.1, 0.15) is 11.3 Å². The molecule has 5 heteroatoms. The fourth-order valence-corrected chi connectivity index (χ4v) is 2.33. The predicted octanol–water partition coefficient (Wildman–Crippen LogP) is 4.32. The van der Waals surface area contributed by atoms with Crippen LogP contribution in [0.5, 0.6) is 0 Å². The zero-order chi connectivity index (χ0) is 12.6. The Balaban J connectivity index is 2.61. The third kappa shape index (κ3) is 2.48. The molecule has 0 unspecified atom stereocenters. The van der Waals surface area contributed by atoms with Crippen LogP contribution in [0.2, 0.25) is 5.15 Å². The number of halogens is 3. The normalized spacial score (nSPS) is 10.6. The maximum atomic E-state index is 13.3. The molecule has 0 saturated carbocycles. The van der Waals surface area contributed by atoms with Gasteiger partial charge in [0.15, 0.2) is 16.8 Å². The number of aryl methyl sites for hydroxylation is 2. The molecule has 0 amide bonds. The highest BCUT2D eigenvalue weighted by Crippen LogP contribution is 2.28. The van der Waals surface area contributed by atoms with Gasteiger partial charge in [0, 0.05) is 10.0 Å². The Hall–Kier alpha value is -1.00. The lowest BCUT2D eigenvalue weighted by Crippen LogP contribution is -1.98. The number of hydrogen-bond donors (Lipinski definition) is 0. The quantitative estimate of drug-likeness (QED) is 0.733. The highest BCUT2D eigenvalue weighted by molar-refractivity contribution is 9.10. The van der Waals surface area contributed by atoms with Crippen LogP contribution in [0.25, 0.3) is 11.4 Å². The minimum atomic E-state index is -0.571. The second kappa shape index (κ2) is 4.70. The summed E-state index contributed by atoms with van der Waals surface area (Å²) in [7, 11) is 0. The van der Waals surface area contributed by atoms with Crippen LogP contribution in [0.15, 0.2) is 22.7 Å². The molecule has 2 aromatic rings. The Bertz CT molecular complexity index is 564. The molecule has 17 heavy (non-hydrogen) atoms. The summed E-state index contributed by atoms with van der Waals surface area (Å²) in [5.74, 6) is -0.153. The van der Waals surface area contributed by atoms with Gasteiger partial charge in [-0.05, 0) is 31.5 Å². The van der Waals surface area contributed by atoms with Crippen LogP contribution >= 0.6 is 27.5 Å². The number of nitrogens with zero attached hydrogens (tertiary/aromatic N) is 2. The summed E-state index contributed by atoms with van der Waals surface area (Å²) in [6.07, 6.45) is 0. The molecular formula is C12H9BrClFN2. The van der Waals surface area contributed by atoms with Crippen LogP contribution in [0.4, 0.5) is 4.39 Å². The molecule has 0 spiro atoms. The van der Waals surface area contributed by atoms with Crippen molar-refractivity contribution in [2.24, 2.45) is 0 Å². The first kappa shape index (κ1) is 12.5. The lowest BCUT2D eigenvalue weighted by molar-refractivity contribution is 0.603. The van der Waals surface area contributed by atoms with Gasteiger partial charge in [-0.15, -0.1) is 0 Å². The van der Waals surface area contributed by atoms with Gasteiger partial charge in [-0.2, -0.15) is 0 Å². The van der Waals surface area contributed by atoms with E-state index in [9.17, 15) is 4.39 Å². The van der Waals surface area contributed by atoms with Gasteiger partial charge in [0.05, 0.1) is 5.69 Å². The molecule has 0 atom stereocenters. The van der Waals surface area contributed by atoms with E-state index < -0.39 is 5.82 Å². The third-order valence-corrected chi connectivity index (χ3v) is 3.25. The van der Waals surface area contributed by atoms with Gasteiger partial charge in [-0.3, -0.25) is 0 Å². The topological polar surface area (TPSA) is 25.8 Å². The van der Waals surface area contributed by atoms with Crippen molar-refractivity contribution in [1.29, 1.82) is 0 Å². The Morgan fingerprint density at radius 1 is 1.24 bits per heavy atom. The second-order valence-electron chi connectivity index (χ2n) is 3.72. The van der Waals surface area contributed by atoms with Crippen molar-refractivity contribution < 1.29 is 4.39 Å². The molecule has 2 nitrogen and oxygen atoms in total. The van der Waals surface area contributed by atoms with Crippen LogP contribution in [-0.4, -0.2) is 9.97 Å². The standard InChI is InChI=1S/C12H9BrClFN2/c1-6-3-4-8(9(13)5-6)12-16-7(2)10(15)11(14)17-12/h3-5H,1-2H3. The summed E-state index contributed by atoms with van der Waals surface area (Å²) in [4.78, 5) is 8.04. The summed E-state index contributed by atoms with van der Waals surface area (Å²) >= 11 is 9.15. The Kier molecular flexibility index (Phi) is 3.45. The van der Waals surface area contributed by atoms with Crippen molar-refractivity contribution >= 4 is 27.5 Å². The van der Waals surface area contributed by atoms with Crippen molar-refractivity contribution in [3.63, 3.8) is 0 Å². The molecule has 1 aromatic carbocycles. The maximum absolute atomic E-state index is 13.3. The highest BCUT2D eigenvalue weighted by atomic mass is 79.9. The molecule has 88 valence electrons. The van der Waals surface area contributed by atoms with Gasteiger partial charge in [0.2, 0.25) is 0 Å². The van der Waals surface area contributed by atoms with Crippen LogP contribution in [0.3, 0.4) is 0 Å². The Morgan fingerprint density at radius 3 is 2.53 bits per heavy atom. The molecule has 1 heterocycles. The van der Waals surface area contributed by atoms with Crippen molar-refractivity contribution in [3.05, 3.63) is 44.9 Å². The summed E-state index contributed by atoms with van der Waals surface area (Å²) in [5, 5.41) is -0.153. The highest BCUT2D eigenvalue weighted by Gasteiger charge is 2.12. The first-order valence-corrected chi connectivity index (χ1v) is 6.12. The molecule has 0 N–H and O–H groups in total.